The molecule has 148 valence electrons. The highest BCUT2D eigenvalue weighted by Gasteiger charge is 2.24. The molecule has 1 N–H and O–H groups in total. The fraction of sp³-hybridized carbons (Fsp3) is 0.250. The van der Waals surface area contributed by atoms with E-state index in [4.69, 9.17) is 4.74 Å². The van der Waals surface area contributed by atoms with Crippen LogP contribution in [0.4, 0.5) is 0 Å². The Hall–Kier alpha value is -3.18. The second-order valence-electron chi connectivity index (χ2n) is 7.38. The molecule has 3 aromatic rings. The molecule has 0 radical (unpaired) electrons. The van der Waals surface area contributed by atoms with Gasteiger partial charge in [0, 0.05) is 25.7 Å². The van der Waals surface area contributed by atoms with Gasteiger partial charge in [0.2, 0.25) is 0 Å². The van der Waals surface area contributed by atoms with Crippen LogP contribution < -0.4 is 5.32 Å². The van der Waals surface area contributed by atoms with Crippen molar-refractivity contribution in [3.05, 3.63) is 83.9 Å². The van der Waals surface area contributed by atoms with Crippen molar-refractivity contribution in [2.24, 2.45) is 0 Å². The van der Waals surface area contributed by atoms with Gasteiger partial charge in [0.25, 0.3) is 5.91 Å². The molecule has 1 atom stereocenters. The lowest BCUT2D eigenvalue weighted by Gasteiger charge is -2.17. The largest absolute Gasteiger partial charge is 0.452 e. The van der Waals surface area contributed by atoms with E-state index in [2.05, 4.69) is 22.3 Å². The Balaban J connectivity index is 1.26. The van der Waals surface area contributed by atoms with Crippen molar-refractivity contribution < 1.29 is 14.3 Å². The van der Waals surface area contributed by atoms with Crippen LogP contribution in [0.1, 0.15) is 22.3 Å². The molecule has 1 saturated heterocycles. The van der Waals surface area contributed by atoms with Crippen molar-refractivity contribution in [1.82, 2.24) is 10.2 Å². The summed E-state index contributed by atoms with van der Waals surface area (Å²) in [5, 5.41) is 4.78. The normalized spacial score (nSPS) is 16.6. The Bertz CT molecular complexity index is 998. The number of hydrogen-bond acceptors (Lipinski definition) is 4. The number of ether oxygens (including phenoxy) is 1. The third-order valence-corrected chi connectivity index (χ3v) is 5.23. The second kappa shape index (κ2) is 8.88. The van der Waals surface area contributed by atoms with Crippen molar-refractivity contribution in [3.63, 3.8) is 0 Å². The first-order valence-corrected chi connectivity index (χ1v) is 9.89. The van der Waals surface area contributed by atoms with Crippen LogP contribution in [0.15, 0.2) is 72.8 Å². The van der Waals surface area contributed by atoms with Crippen LogP contribution in [-0.4, -0.2) is 42.5 Å². The number of amides is 1. The molecule has 29 heavy (non-hydrogen) atoms. The summed E-state index contributed by atoms with van der Waals surface area (Å²) < 4.78 is 5.27. The van der Waals surface area contributed by atoms with Crippen LogP contribution in [0, 0.1) is 0 Å². The van der Waals surface area contributed by atoms with Crippen molar-refractivity contribution in [2.45, 2.75) is 19.0 Å². The topological polar surface area (TPSA) is 58.6 Å². The molecular weight excluding hydrogens is 364 g/mol. The number of rotatable bonds is 6. The molecule has 1 aliphatic heterocycles. The van der Waals surface area contributed by atoms with Gasteiger partial charge in [0.05, 0.1) is 5.56 Å². The maximum atomic E-state index is 12.4. The number of hydrogen-bond donors (Lipinski definition) is 1. The molecule has 1 aliphatic rings. The van der Waals surface area contributed by atoms with Gasteiger partial charge in [-0.15, -0.1) is 0 Å². The lowest BCUT2D eigenvalue weighted by molar-refractivity contribution is -0.124. The average molecular weight is 388 g/mol. The number of esters is 1. The zero-order valence-corrected chi connectivity index (χ0v) is 16.2. The highest BCUT2D eigenvalue weighted by molar-refractivity contribution is 6.04. The summed E-state index contributed by atoms with van der Waals surface area (Å²) in [7, 11) is 0. The molecule has 0 saturated carbocycles. The second-order valence-corrected chi connectivity index (χ2v) is 7.38. The van der Waals surface area contributed by atoms with Crippen LogP contribution >= 0.6 is 0 Å². The molecule has 1 fully saturated rings. The van der Waals surface area contributed by atoms with E-state index in [1.807, 2.05) is 54.6 Å². The van der Waals surface area contributed by atoms with Gasteiger partial charge in [-0.2, -0.15) is 0 Å². The van der Waals surface area contributed by atoms with E-state index >= 15 is 0 Å². The smallest absolute Gasteiger partial charge is 0.339 e. The average Bonchev–Trinajstić information content (AvgIpc) is 3.19. The first kappa shape index (κ1) is 19.2. The molecule has 0 spiro atoms. The van der Waals surface area contributed by atoms with Crippen LogP contribution in [0.2, 0.25) is 0 Å². The number of likely N-dealkylation sites (tertiary alicyclic amines) is 1. The first-order valence-electron chi connectivity index (χ1n) is 9.89. The molecule has 0 aliphatic carbocycles. The third-order valence-electron chi connectivity index (χ3n) is 5.23. The van der Waals surface area contributed by atoms with E-state index in [-0.39, 0.29) is 18.6 Å². The maximum absolute atomic E-state index is 12.4. The zero-order chi connectivity index (χ0) is 20.1. The van der Waals surface area contributed by atoms with Gasteiger partial charge < -0.3 is 10.1 Å². The van der Waals surface area contributed by atoms with E-state index in [1.165, 1.54) is 5.56 Å². The minimum atomic E-state index is -0.478. The molecule has 5 nitrogen and oxygen atoms in total. The molecule has 5 heteroatoms. The summed E-state index contributed by atoms with van der Waals surface area (Å²) in [6, 6.07) is 23.5. The summed E-state index contributed by atoms with van der Waals surface area (Å²) in [4.78, 5) is 27.0. The van der Waals surface area contributed by atoms with Gasteiger partial charge in [-0.1, -0.05) is 66.7 Å². The van der Waals surface area contributed by atoms with Gasteiger partial charge >= 0.3 is 5.97 Å². The van der Waals surface area contributed by atoms with Gasteiger partial charge in [0.15, 0.2) is 6.61 Å². The van der Waals surface area contributed by atoms with Crippen LogP contribution in [0.5, 0.6) is 0 Å². The quantitative estimate of drug-likeness (QED) is 0.658. The Morgan fingerprint density at radius 3 is 2.59 bits per heavy atom. The van der Waals surface area contributed by atoms with Gasteiger partial charge in [0.1, 0.15) is 0 Å². The van der Waals surface area contributed by atoms with Gasteiger partial charge in [-0.05, 0) is 28.8 Å². The molecule has 0 aromatic heterocycles. The summed E-state index contributed by atoms with van der Waals surface area (Å²) in [5.74, 6) is -0.737. The van der Waals surface area contributed by atoms with Gasteiger partial charge in [-0.3, -0.25) is 9.69 Å². The van der Waals surface area contributed by atoms with Gasteiger partial charge in [-0.25, -0.2) is 4.79 Å². The lowest BCUT2D eigenvalue weighted by atomic mass is 10.1. The lowest BCUT2D eigenvalue weighted by Crippen LogP contribution is -2.39. The molecule has 3 aromatic carbocycles. The van der Waals surface area contributed by atoms with E-state index < -0.39 is 5.97 Å². The van der Waals surface area contributed by atoms with E-state index in [0.717, 1.165) is 36.8 Å². The fourth-order valence-corrected chi connectivity index (χ4v) is 3.82. The predicted molar refractivity (Wildman–Crippen MR) is 112 cm³/mol. The summed E-state index contributed by atoms with van der Waals surface area (Å²) in [5.41, 5.74) is 1.74. The monoisotopic (exact) mass is 388 g/mol. The summed E-state index contributed by atoms with van der Waals surface area (Å²) >= 11 is 0. The van der Waals surface area contributed by atoms with E-state index in [0.29, 0.717) is 5.56 Å². The van der Waals surface area contributed by atoms with Crippen LogP contribution in [0.3, 0.4) is 0 Å². The number of nitrogens with one attached hydrogen (secondary N) is 1. The zero-order valence-electron chi connectivity index (χ0n) is 16.2. The van der Waals surface area contributed by atoms with Crippen LogP contribution in [0.25, 0.3) is 10.8 Å². The molecule has 0 bridgehead atoms. The molecule has 4 rings (SSSR count). The molecule has 1 unspecified atom stereocenters. The van der Waals surface area contributed by atoms with Crippen molar-refractivity contribution in [1.29, 1.82) is 0 Å². The Kier molecular flexibility index (Phi) is 5.86. The maximum Gasteiger partial charge on any atom is 0.339 e. The highest BCUT2D eigenvalue weighted by atomic mass is 16.5. The van der Waals surface area contributed by atoms with Crippen molar-refractivity contribution in [3.8, 4) is 0 Å². The number of nitrogens with zero attached hydrogens (tertiary/aromatic N) is 1. The van der Waals surface area contributed by atoms with E-state index in [1.54, 1.807) is 6.07 Å². The molecule has 1 amide bonds. The van der Waals surface area contributed by atoms with Crippen LogP contribution in [-0.2, 0) is 16.1 Å². The number of carbonyl (C=O) groups excluding carboxylic acids is 2. The number of carbonyl (C=O) groups is 2. The minimum Gasteiger partial charge on any atom is -0.452 e. The molecular formula is C24H24N2O3. The third kappa shape index (κ3) is 4.81. The van der Waals surface area contributed by atoms with Crippen molar-refractivity contribution in [2.75, 3.05) is 19.7 Å². The Labute approximate surface area is 170 Å². The standard InChI is InChI=1S/C24H24N2O3/c27-23(25-20-13-14-26(16-20)15-18-7-2-1-3-8-18)17-29-24(28)22-12-6-10-19-9-4-5-11-21(19)22/h1-12,20H,13-17H2,(H,25,27). The first-order chi connectivity index (χ1) is 14.2. The predicted octanol–water partition coefficient (Wildman–Crippen LogP) is 3.39. The fourth-order valence-electron chi connectivity index (χ4n) is 3.82. The highest BCUT2D eigenvalue weighted by Crippen LogP contribution is 2.19. The molecule has 1 heterocycles. The Morgan fingerprint density at radius 1 is 0.966 bits per heavy atom. The van der Waals surface area contributed by atoms with Crippen molar-refractivity contribution >= 4 is 22.6 Å². The SMILES string of the molecule is O=C(COC(=O)c1cccc2ccccc12)NC1CCN(Cc2ccccc2)C1. The summed E-state index contributed by atoms with van der Waals surface area (Å²) in [6.45, 7) is 2.36. The Morgan fingerprint density at radius 2 is 1.72 bits per heavy atom. The number of fused-ring (bicyclic) bond motifs is 1. The number of benzene rings is 3. The summed E-state index contributed by atoms with van der Waals surface area (Å²) in [6.07, 6.45) is 0.899. The van der Waals surface area contributed by atoms with E-state index in [9.17, 15) is 9.59 Å². The minimum absolute atomic E-state index is 0.0856.